The number of carbonyl (C=O) groups excluding carboxylic acids is 2. The Morgan fingerprint density at radius 1 is 1.00 bits per heavy atom. The Morgan fingerprint density at radius 2 is 1.70 bits per heavy atom. The highest BCUT2D eigenvalue weighted by Crippen LogP contribution is 2.24. The number of hydrazine groups is 1. The standard InChI is InChI=1S/C24H31N3O5S/c1-16(2)22-11-10-20(14-17(22)3)32-18(4)23(28)25-26-24(29)19-8-7-9-21(15-19)33(30,31)27-12-5-6-13-27/h7-11,14-16,18H,5-6,12-13H2,1-4H3,(H,25,28)(H,26,29). The Balaban J connectivity index is 1.59. The van der Waals surface area contributed by atoms with Gasteiger partial charge >= 0.3 is 0 Å². The largest absolute Gasteiger partial charge is 0.481 e. The van der Waals surface area contributed by atoms with Gasteiger partial charge in [-0.3, -0.25) is 20.4 Å². The summed E-state index contributed by atoms with van der Waals surface area (Å²) in [6.07, 6.45) is 0.803. The predicted molar refractivity (Wildman–Crippen MR) is 125 cm³/mol. The van der Waals surface area contributed by atoms with Crippen LogP contribution in [0.1, 0.15) is 61.0 Å². The molecule has 3 rings (SSSR count). The summed E-state index contributed by atoms with van der Waals surface area (Å²) < 4.78 is 32.6. The first kappa shape index (κ1) is 24.7. The molecule has 0 aliphatic carbocycles. The lowest BCUT2D eigenvalue weighted by Crippen LogP contribution is -2.47. The topological polar surface area (TPSA) is 105 Å². The lowest BCUT2D eigenvalue weighted by molar-refractivity contribution is -0.128. The number of nitrogens with one attached hydrogen (secondary N) is 2. The number of rotatable bonds is 7. The SMILES string of the molecule is Cc1cc(OC(C)C(=O)NNC(=O)c2cccc(S(=O)(=O)N3CCCC3)c2)ccc1C(C)C. The van der Waals surface area contributed by atoms with Crippen molar-refractivity contribution < 1.29 is 22.7 Å². The summed E-state index contributed by atoms with van der Waals surface area (Å²) in [6.45, 7) is 8.75. The van der Waals surface area contributed by atoms with E-state index in [1.54, 1.807) is 6.92 Å². The monoisotopic (exact) mass is 473 g/mol. The summed E-state index contributed by atoms with van der Waals surface area (Å²) in [5.74, 6) is -0.203. The third kappa shape index (κ3) is 5.91. The molecule has 0 bridgehead atoms. The van der Waals surface area contributed by atoms with Gasteiger partial charge in [-0.25, -0.2) is 8.42 Å². The first-order valence-electron chi connectivity index (χ1n) is 11.1. The molecule has 0 radical (unpaired) electrons. The molecule has 178 valence electrons. The van der Waals surface area contributed by atoms with Crippen LogP contribution < -0.4 is 15.6 Å². The van der Waals surface area contributed by atoms with E-state index in [4.69, 9.17) is 4.74 Å². The zero-order chi connectivity index (χ0) is 24.2. The minimum Gasteiger partial charge on any atom is -0.481 e. The Kier molecular flexibility index (Phi) is 7.76. The second-order valence-corrected chi connectivity index (χ2v) is 10.5. The Bertz CT molecular complexity index is 1120. The fraction of sp³-hybridized carbons (Fsp3) is 0.417. The number of nitrogens with zero attached hydrogens (tertiary/aromatic N) is 1. The Morgan fingerprint density at radius 3 is 2.33 bits per heavy atom. The predicted octanol–water partition coefficient (Wildman–Crippen LogP) is 3.13. The van der Waals surface area contributed by atoms with Gasteiger partial charge in [0.15, 0.2) is 6.10 Å². The summed E-state index contributed by atoms with van der Waals surface area (Å²) in [5, 5.41) is 0. The zero-order valence-corrected chi connectivity index (χ0v) is 20.2. The average molecular weight is 474 g/mol. The Hall–Kier alpha value is -2.91. The number of hydrogen-bond acceptors (Lipinski definition) is 5. The van der Waals surface area contributed by atoms with E-state index in [2.05, 4.69) is 24.7 Å². The van der Waals surface area contributed by atoms with Gasteiger partial charge < -0.3 is 4.74 Å². The number of benzene rings is 2. The average Bonchev–Trinajstić information content (AvgIpc) is 3.33. The third-order valence-electron chi connectivity index (χ3n) is 5.64. The van der Waals surface area contributed by atoms with E-state index in [0.717, 1.165) is 18.4 Å². The number of aryl methyl sites for hydroxylation is 1. The molecule has 2 N–H and O–H groups in total. The summed E-state index contributed by atoms with van der Waals surface area (Å²) in [5.41, 5.74) is 7.07. The second kappa shape index (κ2) is 10.4. The third-order valence-corrected chi connectivity index (χ3v) is 7.54. The molecule has 33 heavy (non-hydrogen) atoms. The number of ether oxygens (including phenoxy) is 1. The molecule has 1 aliphatic rings. The van der Waals surface area contributed by atoms with Crippen LogP contribution in [0.3, 0.4) is 0 Å². The van der Waals surface area contributed by atoms with Crippen LogP contribution in [0.25, 0.3) is 0 Å². The van der Waals surface area contributed by atoms with Gasteiger partial charge in [0.25, 0.3) is 11.8 Å². The van der Waals surface area contributed by atoms with Crippen LogP contribution in [0, 0.1) is 6.92 Å². The maximum Gasteiger partial charge on any atom is 0.279 e. The van der Waals surface area contributed by atoms with Gasteiger partial charge in [-0.15, -0.1) is 0 Å². The van der Waals surface area contributed by atoms with Crippen molar-refractivity contribution in [2.45, 2.75) is 57.5 Å². The van der Waals surface area contributed by atoms with Crippen LogP contribution in [0.15, 0.2) is 47.4 Å². The van der Waals surface area contributed by atoms with Crippen molar-refractivity contribution in [3.05, 3.63) is 59.2 Å². The van der Waals surface area contributed by atoms with E-state index in [1.165, 1.54) is 34.1 Å². The van der Waals surface area contributed by atoms with Gasteiger partial charge in [-0.05, 0) is 74.1 Å². The van der Waals surface area contributed by atoms with E-state index in [1.807, 2.05) is 25.1 Å². The molecule has 0 spiro atoms. The number of carbonyl (C=O) groups is 2. The van der Waals surface area contributed by atoms with Gasteiger partial charge in [0, 0.05) is 18.7 Å². The first-order valence-corrected chi connectivity index (χ1v) is 12.5. The molecular weight excluding hydrogens is 442 g/mol. The minimum absolute atomic E-state index is 0.0558. The molecule has 1 fully saturated rings. The molecule has 1 unspecified atom stereocenters. The number of amides is 2. The number of sulfonamides is 1. The van der Waals surface area contributed by atoms with Crippen LogP contribution in [0.4, 0.5) is 0 Å². The minimum atomic E-state index is -3.64. The van der Waals surface area contributed by atoms with Crippen LogP contribution in [-0.4, -0.2) is 43.7 Å². The molecule has 9 heteroatoms. The molecule has 1 heterocycles. The lowest BCUT2D eigenvalue weighted by atomic mass is 9.98. The molecule has 8 nitrogen and oxygen atoms in total. The highest BCUT2D eigenvalue weighted by molar-refractivity contribution is 7.89. The van der Waals surface area contributed by atoms with Crippen molar-refractivity contribution in [2.75, 3.05) is 13.1 Å². The van der Waals surface area contributed by atoms with Crippen LogP contribution in [0.5, 0.6) is 5.75 Å². The van der Waals surface area contributed by atoms with Crippen molar-refractivity contribution in [1.29, 1.82) is 0 Å². The first-order chi connectivity index (χ1) is 15.6. The second-order valence-electron chi connectivity index (χ2n) is 8.52. The van der Waals surface area contributed by atoms with E-state index >= 15 is 0 Å². The molecule has 2 amide bonds. The van der Waals surface area contributed by atoms with Gasteiger partial charge in [0.2, 0.25) is 10.0 Å². The normalized spacial score (nSPS) is 15.3. The summed E-state index contributed by atoms with van der Waals surface area (Å²) in [7, 11) is -3.64. The summed E-state index contributed by atoms with van der Waals surface area (Å²) in [6, 6.07) is 11.4. The van der Waals surface area contributed by atoms with Crippen molar-refractivity contribution in [2.24, 2.45) is 0 Å². The van der Waals surface area contributed by atoms with Crippen molar-refractivity contribution in [3.8, 4) is 5.75 Å². The molecule has 1 atom stereocenters. The highest BCUT2D eigenvalue weighted by Gasteiger charge is 2.27. The lowest BCUT2D eigenvalue weighted by Gasteiger charge is -2.17. The van der Waals surface area contributed by atoms with E-state index in [0.29, 0.717) is 24.8 Å². The van der Waals surface area contributed by atoms with E-state index in [-0.39, 0.29) is 10.5 Å². The van der Waals surface area contributed by atoms with Crippen LogP contribution >= 0.6 is 0 Å². The quantitative estimate of drug-likeness (QED) is 0.601. The van der Waals surface area contributed by atoms with Gasteiger partial charge in [0.05, 0.1) is 4.90 Å². The fourth-order valence-corrected chi connectivity index (χ4v) is 5.36. The van der Waals surface area contributed by atoms with Crippen molar-refractivity contribution in [1.82, 2.24) is 15.2 Å². The van der Waals surface area contributed by atoms with Gasteiger partial charge in [-0.1, -0.05) is 26.0 Å². The van der Waals surface area contributed by atoms with E-state index < -0.39 is 27.9 Å². The fourth-order valence-electron chi connectivity index (χ4n) is 3.79. The molecule has 0 saturated carbocycles. The molecule has 2 aromatic rings. The van der Waals surface area contributed by atoms with Crippen LogP contribution in [-0.2, 0) is 14.8 Å². The summed E-state index contributed by atoms with van der Waals surface area (Å²) >= 11 is 0. The molecule has 2 aromatic carbocycles. The smallest absolute Gasteiger partial charge is 0.279 e. The molecule has 1 saturated heterocycles. The summed E-state index contributed by atoms with van der Waals surface area (Å²) in [4.78, 5) is 24.9. The Labute approximate surface area is 195 Å². The number of hydrogen-bond donors (Lipinski definition) is 2. The van der Waals surface area contributed by atoms with Gasteiger partial charge in [-0.2, -0.15) is 4.31 Å². The molecule has 1 aliphatic heterocycles. The molecule has 0 aromatic heterocycles. The van der Waals surface area contributed by atoms with Gasteiger partial charge in [0.1, 0.15) is 5.75 Å². The van der Waals surface area contributed by atoms with Crippen LogP contribution in [0.2, 0.25) is 0 Å². The highest BCUT2D eigenvalue weighted by atomic mass is 32.2. The molecular formula is C24H31N3O5S. The van der Waals surface area contributed by atoms with E-state index in [9.17, 15) is 18.0 Å². The zero-order valence-electron chi connectivity index (χ0n) is 19.4. The van der Waals surface area contributed by atoms with Crippen molar-refractivity contribution >= 4 is 21.8 Å². The van der Waals surface area contributed by atoms with Crippen molar-refractivity contribution in [3.63, 3.8) is 0 Å². The maximum absolute atomic E-state index is 12.7. The maximum atomic E-state index is 12.7.